The molecule has 4 rings (SSSR count). The van der Waals surface area contributed by atoms with Crippen molar-refractivity contribution >= 4 is 10.0 Å². The van der Waals surface area contributed by atoms with Crippen molar-refractivity contribution < 1.29 is 8.42 Å². The van der Waals surface area contributed by atoms with Gasteiger partial charge in [0.25, 0.3) is 0 Å². The molecule has 0 unspecified atom stereocenters. The zero-order valence-electron chi connectivity index (χ0n) is 13.7. The van der Waals surface area contributed by atoms with Gasteiger partial charge in [0.1, 0.15) is 0 Å². The molecule has 2 aromatic carbocycles. The summed E-state index contributed by atoms with van der Waals surface area (Å²) in [7, 11) is -3.52. The van der Waals surface area contributed by atoms with E-state index in [-0.39, 0.29) is 6.54 Å². The molecule has 0 radical (unpaired) electrons. The number of aryl methyl sites for hydroxylation is 2. The highest BCUT2D eigenvalue weighted by Gasteiger charge is 2.18. The van der Waals surface area contributed by atoms with Crippen molar-refractivity contribution in [1.29, 1.82) is 0 Å². The summed E-state index contributed by atoms with van der Waals surface area (Å²) in [5.41, 5.74) is 4.17. The lowest BCUT2D eigenvalue weighted by atomic mass is 10.1. The molecule has 1 aromatic heterocycles. The average Bonchev–Trinajstić information content (AvgIpc) is 3.29. The Kier molecular flexibility index (Phi) is 4.15. The lowest BCUT2D eigenvalue weighted by molar-refractivity contribution is 0.581. The van der Waals surface area contributed by atoms with Gasteiger partial charge in [0, 0.05) is 18.3 Å². The van der Waals surface area contributed by atoms with E-state index < -0.39 is 10.0 Å². The van der Waals surface area contributed by atoms with E-state index in [2.05, 4.69) is 9.82 Å². The zero-order chi connectivity index (χ0) is 17.3. The summed E-state index contributed by atoms with van der Waals surface area (Å²) in [6, 6.07) is 15.2. The van der Waals surface area contributed by atoms with Gasteiger partial charge in [-0.25, -0.2) is 17.8 Å². The molecular weight excluding hydrogens is 334 g/mol. The number of sulfonamides is 1. The van der Waals surface area contributed by atoms with Gasteiger partial charge in [-0.15, -0.1) is 0 Å². The molecule has 6 heteroatoms. The molecule has 0 spiro atoms. The Morgan fingerprint density at radius 3 is 2.68 bits per heavy atom. The maximum Gasteiger partial charge on any atom is 0.240 e. The summed E-state index contributed by atoms with van der Waals surface area (Å²) in [4.78, 5) is 0.337. The van der Waals surface area contributed by atoms with Crippen LogP contribution in [0, 0.1) is 0 Å². The minimum atomic E-state index is -3.52. The fourth-order valence-corrected chi connectivity index (χ4v) is 4.22. The van der Waals surface area contributed by atoms with Gasteiger partial charge in [0.05, 0.1) is 16.8 Å². The summed E-state index contributed by atoms with van der Waals surface area (Å²) in [5, 5.41) is 4.29. The van der Waals surface area contributed by atoms with E-state index in [4.69, 9.17) is 0 Å². The van der Waals surface area contributed by atoms with Crippen LogP contribution in [-0.4, -0.2) is 18.2 Å². The van der Waals surface area contributed by atoms with E-state index in [9.17, 15) is 8.42 Å². The summed E-state index contributed by atoms with van der Waals surface area (Å²) < 4.78 is 29.5. The normalized spacial score (nSPS) is 13.8. The lowest BCUT2D eigenvalue weighted by Crippen LogP contribution is -2.23. The second-order valence-corrected chi connectivity index (χ2v) is 8.00. The molecule has 0 amide bonds. The van der Waals surface area contributed by atoms with Crippen LogP contribution in [0.25, 0.3) is 5.69 Å². The standard InChI is InChI=1S/C19H19N3O2S/c23-25(24,19-10-9-16-5-4-6-17(16)11-19)21-13-15-12-20-22(14-15)18-7-2-1-3-8-18/h1-3,7-12,14,21H,4-6,13H2. The zero-order valence-corrected chi connectivity index (χ0v) is 14.5. The molecule has 1 N–H and O–H groups in total. The van der Waals surface area contributed by atoms with E-state index in [0.717, 1.165) is 36.1 Å². The maximum absolute atomic E-state index is 12.5. The second-order valence-electron chi connectivity index (χ2n) is 6.24. The third-order valence-electron chi connectivity index (χ3n) is 4.50. The number of benzene rings is 2. The Balaban J connectivity index is 1.48. The molecule has 0 fully saturated rings. The van der Waals surface area contributed by atoms with E-state index in [1.165, 1.54) is 5.56 Å². The molecule has 1 aliphatic carbocycles. The number of aromatic nitrogens is 2. The molecule has 5 nitrogen and oxygen atoms in total. The molecule has 1 heterocycles. The molecule has 0 saturated carbocycles. The number of rotatable bonds is 5. The van der Waals surface area contributed by atoms with Crippen molar-refractivity contribution in [3.05, 3.63) is 77.6 Å². The number of nitrogens with one attached hydrogen (secondary N) is 1. The Bertz CT molecular complexity index is 995. The van der Waals surface area contributed by atoms with E-state index in [0.29, 0.717) is 4.90 Å². The number of nitrogens with zero attached hydrogens (tertiary/aromatic N) is 2. The molecule has 25 heavy (non-hydrogen) atoms. The Hall–Kier alpha value is -2.44. The maximum atomic E-state index is 12.5. The first kappa shape index (κ1) is 16.1. The third kappa shape index (κ3) is 3.36. The number of para-hydroxylation sites is 1. The van der Waals surface area contributed by atoms with Crippen molar-refractivity contribution in [3.8, 4) is 5.69 Å². The summed E-state index contributed by atoms with van der Waals surface area (Å²) in [6.07, 6.45) is 6.62. The molecule has 3 aromatic rings. The Morgan fingerprint density at radius 2 is 1.84 bits per heavy atom. The van der Waals surface area contributed by atoms with Crippen LogP contribution in [0.1, 0.15) is 23.1 Å². The smallest absolute Gasteiger partial charge is 0.240 e. The van der Waals surface area contributed by atoms with Crippen LogP contribution in [0.2, 0.25) is 0 Å². The first-order chi connectivity index (χ1) is 12.1. The predicted molar refractivity (Wildman–Crippen MR) is 96.1 cm³/mol. The van der Waals surface area contributed by atoms with Gasteiger partial charge in [-0.05, 0) is 54.7 Å². The van der Waals surface area contributed by atoms with Gasteiger partial charge in [-0.3, -0.25) is 0 Å². The Labute approximate surface area is 147 Å². The molecule has 0 aliphatic heterocycles. The average molecular weight is 353 g/mol. The van der Waals surface area contributed by atoms with Crippen molar-refractivity contribution in [2.24, 2.45) is 0 Å². The number of fused-ring (bicyclic) bond motifs is 1. The van der Waals surface area contributed by atoms with Gasteiger partial charge < -0.3 is 0 Å². The molecule has 0 bridgehead atoms. The SMILES string of the molecule is O=S(=O)(NCc1cnn(-c2ccccc2)c1)c1ccc2c(c1)CCC2. The fourth-order valence-electron chi connectivity index (χ4n) is 3.15. The molecular formula is C19H19N3O2S. The molecule has 1 aliphatic rings. The van der Waals surface area contributed by atoms with Crippen molar-refractivity contribution in [1.82, 2.24) is 14.5 Å². The number of hydrogen-bond acceptors (Lipinski definition) is 3. The largest absolute Gasteiger partial charge is 0.241 e. The van der Waals surface area contributed by atoms with E-state index in [1.54, 1.807) is 23.0 Å². The quantitative estimate of drug-likeness (QED) is 0.767. The second kappa shape index (κ2) is 6.46. The fraction of sp³-hybridized carbons (Fsp3) is 0.211. The van der Waals surface area contributed by atoms with Crippen LogP contribution in [0.4, 0.5) is 0 Å². The van der Waals surface area contributed by atoms with Gasteiger partial charge in [0.15, 0.2) is 0 Å². The third-order valence-corrected chi connectivity index (χ3v) is 5.90. The highest BCUT2D eigenvalue weighted by atomic mass is 32.2. The lowest BCUT2D eigenvalue weighted by Gasteiger charge is -2.07. The number of hydrogen-bond donors (Lipinski definition) is 1. The van der Waals surface area contributed by atoms with Crippen LogP contribution >= 0.6 is 0 Å². The first-order valence-corrected chi connectivity index (χ1v) is 9.81. The first-order valence-electron chi connectivity index (χ1n) is 8.32. The summed E-state index contributed by atoms with van der Waals surface area (Å²) in [5.74, 6) is 0. The van der Waals surface area contributed by atoms with E-state index >= 15 is 0 Å². The summed E-state index contributed by atoms with van der Waals surface area (Å²) in [6.45, 7) is 0.215. The summed E-state index contributed by atoms with van der Waals surface area (Å²) >= 11 is 0. The van der Waals surface area contributed by atoms with Crippen LogP contribution < -0.4 is 4.72 Å². The van der Waals surface area contributed by atoms with Crippen LogP contribution in [0.5, 0.6) is 0 Å². The van der Waals surface area contributed by atoms with Gasteiger partial charge in [0.2, 0.25) is 10.0 Å². The van der Waals surface area contributed by atoms with E-state index in [1.807, 2.05) is 42.6 Å². The van der Waals surface area contributed by atoms with Gasteiger partial charge >= 0.3 is 0 Å². The van der Waals surface area contributed by atoms with Crippen LogP contribution in [0.3, 0.4) is 0 Å². The highest BCUT2D eigenvalue weighted by Crippen LogP contribution is 2.24. The van der Waals surface area contributed by atoms with Crippen molar-refractivity contribution in [3.63, 3.8) is 0 Å². The molecule has 0 atom stereocenters. The minimum Gasteiger partial charge on any atom is -0.241 e. The topological polar surface area (TPSA) is 64.0 Å². The van der Waals surface area contributed by atoms with Gasteiger partial charge in [-0.2, -0.15) is 5.10 Å². The monoisotopic (exact) mass is 353 g/mol. The van der Waals surface area contributed by atoms with Crippen LogP contribution in [-0.2, 0) is 29.4 Å². The molecule has 128 valence electrons. The Morgan fingerprint density at radius 1 is 1.04 bits per heavy atom. The van der Waals surface area contributed by atoms with Crippen molar-refractivity contribution in [2.75, 3.05) is 0 Å². The van der Waals surface area contributed by atoms with Crippen molar-refractivity contribution in [2.45, 2.75) is 30.7 Å². The minimum absolute atomic E-state index is 0.215. The predicted octanol–water partition coefficient (Wildman–Crippen LogP) is 2.84. The molecule has 0 saturated heterocycles. The highest BCUT2D eigenvalue weighted by molar-refractivity contribution is 7.89. The van der Waals surface area contributed by atoms with Crippen LogP contribution in [0.15, 0.2) is 65.8 Å². The van der Waals surface area contributed by atoms with Gasteiger partial charge in [-0.1, -0.05) is 24.3 Å².